The van der Waals surface area contributed by atoms with Gasteiger partial charge in [-0.15, -0.1) is 0 Å². The minimum atomic E-state index is 0.771. The molecule has 0 radical (unpaired) electrons. The summed E-state index contributed by atoms with van der Waals surface area (Å²) in [5, 5.41) is 0. The summed E-state index contributed by atoms with van der Waals surface area (Å²) in [5.74, 6) is 0. The molecule has 2 rings (SSSR count). The first-order chi connectivity index (χ1) is 5.47. The summed E-state index contributed by atoms with van der Waals surface area (Å²) in [6, 6.07) is 0.771. The van der Waals surface area contributed by atoms with Crippen molar-refractivity contribution in [3.05, 3.63) is 0 Å². The Balaban J connectivity index is 1.80. The van der Waals surface area contributed by atoms with Crippen LogP contribution in [-0.2, 0) is 4.74 Å². The smallest absolute Gasteiger partial charge is 0.0645 e. The van der Waals surface area contributed by atoms with Crippen LogP contribution < -0.4 is 0 Å². The van der Waals surface area contributed by atoms with Gasteiger partial charge in [-0.1, -0.05) is 12.8 Å². The van der Waals surface area contributed by atoms with Crippen LogP contribution in [0, 0.1) is 0 Å². The summed E-state index contributed by atoms with van der Waals surface area (Å²) in [6.45, 7) is 4.60. The molecule has 2 aliphatic heterocycles. The Morgan fingerprint density at radius 3 is 2.00 bits per heavy atom. The molecule has 2 heterocycles. The van der Waals surface area contributed by atoms with Crippen LogP contribution in [0.15, 0.2) is 0 Å². The quantitative estimate of drug-likeness (QED) is 0.565. The fourth-order valence-electron chi connectivity index (χ4n) is 1.89. The maximum absolute atomic E-state index is 5.19. The Kier molecular flexibility index (Phi) is 2.44. The fourth-order valence-corrected chi connectivity index (χ4v) is 1.89. The van der Waals surface area contributed by atoms with Crippen LogP contribution >= 0.6 is 0 Å². The number of hydrogen-bond acceptors (Lipinski definition) is 2. The molecule has 11 heavy (non-hydrogen) atoms. The molecular formula is C9H17NO. The molecule has 64 valence electrons. The molecule has 0 saturated carbocycles. The van der Waals surface area contributed by atoms with E-state index in [0.717, 1.165) is 19.3 Å². The van der Waals surface area contributed by atoms with Gasteiger partial charge in [-0.05, 0) is 25.9 Å². The first-order valence-corrected chi connectivity index (χ1v) is 4.78. The van der Waals surface area contributed by atoms with Crippen molar-refractivity contribution >= 4 is 0 Å². The van der Waals surface area contributed by atoms with Gasteiger partial charge in [0, 0.05) is 0 Å². The molecule has 2 aliphatic rings. The van der Waals surface area contributed by atoms with Gasteiger partial charge in [-0.25, -0.2) is 0 Å². The third-order valence-corrected chi connectivity index (χ3v) is 2.78. The van der Waals surface area contributed by atoms with E-state index in [-0.39, 0.29) is 0 Å². The predicted octanol–water partition coefficient (Wildman–Crippen LogP) is 1.26. The maximum atomic E-state index is 5.19. The lowest BCUT2D eigenvalue weighted by molar-refractivity contribution is -0.0636. The van der Waals surface area contributed by atoms with E-state index in [9.17, 15) is 0 Å². The first-order valence-electron chi connectivity index (χ1n) is 4.78. The van der Waals surface area contributed by atoms with Gasteiger partial charge in [-0.2, -0.15) is 0 Å². The van der Waals surface area contributed by atoms with E-state index >= 15 is 0 Å². The Hall–Kier alpha value is -0.0800. The van der Waals surface area contributed by atoms with Crippen molar-refractivity contribution in [1.29, 1.82) is 0 Å². The van der Waals surface area contributed by atoms with Gasteiger partial charge in [0.1, 0.15) is 0 Å². The maximum Gasteiger partial charge on any atom is 0.0645 e. The Morgan fingerprint density at radius 2 is 1.55 bits per heavy atom. The molecule has 2 nitrogen and oxygen atoms in total. The summed E-state index contributed by atoms with van der Waals surface area (Å²) in [6.07, 6.45) is 5.67. The Bertz CT molecular complexity index is 115. The van der Waals surface area contributed by atoms with E-state index in [0.29, 0.717) is 0 Å². The molecule has 0 bridgehead atoms. The number of hydrogen-bond donors (Lipinski definition) is 0. The monoisotopic (exact) mass is 155 g/mol. The zero-order chi connectivity index (χ0) is 7.52. The van der Waals surface area contributed by atoms with E-state index in [1.807, 2.05) is 0 Å². The highest BCUT2D eigenvalue weighted by molar-refractivity contribution is 4.78. The fraction of sp³-hybridized carbons (Fsp3) is 1.00. The minimum Gasteiger partial charge on any atom is -0.378 e. The highest BCUT2D eigenvalue weighted by Crippen LogP contribution is 2.16. The van der Waals surface area contributed by atoms with Gasteiger partial charge >= 0.3 is 0 Å². The second-order valence-electron chi connectivity index (χ2n) is 3.64. The number of nitrogens with zero attached hydrogens (tertiary/aromatic N) is 1. The average molecular weight is 155 g/mol. The van der Waals surface area contributed by atoms with Crippen molar-refractivity contribution in [2.24, 2.45) is 0 Å². The summed E-state index contributed by atoms with van der Waals surface area (Å²) in [4.78, 5) is 2.61. The average Bonchev–Trinajstić information content (AvgIpc) is 2.12. The molecule has 0 amide bonds. The number of ether oxygens (including phenoxy) is 1. The second kappa shape index (κ2) is 3.55. The molecule has 0 atom stereocenters. The van der Waals surface area contributed by atoms with E-state index in [2.05, 4.69) is 4.90 Å². The van der Waals surface area contributed by atoms with Crippen molar-refractivity contribution in [1.82, 2.24) is 4.90 Å². The Labute approximate surface area is 68.5 Å². The lowest BCUT2D eigenvalue weighted by Gasteiger charge is -2.36. The normalized spacial score (nSPS) is 29.5. The molecule has 0 aromatic rings. The van der Waals surface area contributed by atoms with Crippen LogP contribution in [0.5, 0.6) is 0 Å². The zero-order valence-corrected chi connectivity index (χ0v) is 7.09. The van der Waals surface area contributed by atoms with Crippen molar-refractivity contribution in [2.75, 3.05) is 26.3 Å². The lowest BCUT2D eigenvalue weighted by Crippen LogP contribution is -2.49. The van der Waals surface area contributed by atoms with Gasteiger partial charge in [0.25, 0.3) is 0 Å². The summed E-state index contributed by atoms with van der Waals surface area (Å²) >= 11 is 0. The first kappa shape index (κ1) is 7.56. The molecular weight excluding hydrogens is 138 g/mol. The molecule has 0 aromatic heterocycles. The zero-order valence-electron chi connectivity index (χ0n) is 7.09. The van der Waals surface area contributed by atoms with E-state index in [1.54, 1.807) is 0 Å². The van der Waals surface area contributed by atoms with Crippen LogP contribution in [0.1, 0.15) is 25.7 Å². The molecule has 0 aliphatic carbocycles. The third-order valence-electron chi connectivity index (χ3n) is 2.78. The highest BCUT2D eigenvalue weighted by Gasteiger charge is 2.25. The molecule has 2 saturated heterocycles. The number of likely N-dealkylation sites (tertiary alicyclic amines) is 1. The van der Waals surface area contributed by atoms with E-state index in [1.165, 1.54) is 38.8 Å². The SMILES string of the molecule is C1CCCN(C2COC2)CC1. The molecule has 2 fully saturated rings. The van der Waals surface area contributed by atoms with Crippen molar-refractivity contribution in [2.45, 2.75) is 31.7 Å². The van der Waals surface area contributed by atoms with E-state index in [4.69, 9.17) is 4.74 Å². The van der Waals surface area contributed by atoms with Gasteiger partial charge in [0.2, 0.25) is 0 Å². The number of rotatable bonds is 1. The predicted molar refractivity (Wildman–Crippen MR) is 44.6 cm³/mol. The Morgan fingerprint density at radius 1 is 0.909 bits per heavy atom. The van der Waals surface area contributed by atoms with Gasteiger partial charge in [0.15, 0.2) is 0 Å². The van der Waals surface area contributed by atoms with Crippen LogP contribution in [0.4, 0.5) is 0 Å². The van der Waals surface area contributed by atoms with Crippen LogP contribution in [-0.4, -0.2) is 37.2 Å². The van der Waals surface area contributed by atoms with Gasteiger partial charge in [-0.3, -0.25) is 4.90 Å². The molecule has 0 N–H and O–H groups in total. The summed E-state index contributed by atoms with van der Waals surface area (Å²) in [5.41, 5.74) is 0. The largest absolute Gasteiger partial charge is 0.378 e. The molecule has 0 aromatic carbocycles. The van der Waals surface area contributed by atoms with Crippen LogP contribution in [0.3, 0.4) is 0 Å². The molecule has 0 spiro atoms. The van der Waals surface area contributed by atoms with Gasteiger partial charge < -0.3 is 4.74 Å². The topological polar surface area (TPSA) is 12.5 Å². The highest BCUT2D eigenvalue weighted by atomic mass is 16.5. The van der Waals surface area contributed by atoms with Crippen molar-refractivity contribution < 1.29 is 4.74 Å². The second-order valence-corrected chi connectivity index (χ2v) is 3.64. The van der Waals surface area contributed by atoms with Crippen LogP contribution in [0.25, 0.3) is 0 Å². The summed E-state index contributed by atoms with van der Waals surface area (Å²) in [7, 11) is 0. The molecule has 2 heteroatoms. The summed E-state index contributed by atoms with van der Waals surface area (Å²) < 4.78 is 5.19. The van der Waals surface area contributed by atoms with E-state index < -0.39 is 0 Å². The molecule has 0 unspecified atom stereocenters. The van der Waals surface area contributed by atoms with Crippen molar-refractivity contribution in [3.8, 4) is 0 Å². The van der Waals surface area contributed by atoms with Gasteiger partial charge in [0.05, 0.1) is 19.3 Å². The standard InChI is InChI=1S/C9H17NO/c1-2-4-6-10(5-3-1)9-7-11-8-9/h9H,1-8H2. The minimum absolute atomic E-state index is 0.771. The third kappa shape index (κ3) is 1.74. The van der Waals surface area contributed by atoms with Crippen molar-refractivity contribution in [3.63, 3.8) is 0 Å². The van der Waals surface area contributed by atoms with Crippen LogP contribution in [0.2, 0.25) is 0 Å². The lowest BCUT2D eigenvalue weighted by atomic mass is 10.2.